The van der Waals surface area contributed by atoms with E-state index >= 15 is 0 Å². The van der Waals surface area contributed by atoms with Crippen LogP contribution in [0.15, 0.2) is 12.1 Å². The van der Waals surface area contributed by atoms with Gasteiger partial charge in [-0.3, -0.25) is 4.79 Å². The summed E-state index contributed by atoms with van der Waals surface area (Å²) in [5.74, 6) is -3.94. The molecular weight excluding hydrogens is 206 g/mol. The van der Waals surface area contributed by atoms with Crippen molar-refractivity contribution in [2.75, 3.05) is 0 Å². The number of phenols is 1. The molecule has 2 rings (SSSR count). The van der Waals surface area contributed by atoms with Crippen LogP contribution < -0.4 is 0 Å². The molecule has 0 aliphatic heterocycles. The fourth-order valence-electron chi connectivity index (χ4n) is 1.65. The summed E-state index contributed by atoms with van der Waals surface area (Å²) in [7, 11) is 0. The third kappa shape index (κ3) is 1.35. The number of halogens is 2. The van der Waals surface area contributed by atoms with E-state index in [4.69, 9.17) is 5.11 Å². The van der Waals surface area contributed by atoms with Gasteiger partial charge >= 0.3 is 5.97 Å². The van der Waals surface area contributed by atoms with E-state index in [9.17, 15) is 18.7 Å². The Morgan fingerprint density at radius 2 is 1.93 bits per heavy atom. The topological polar surface area (TPSA) is 57.5 Å². The normalized spacial score (nSPS) is 17.5. The molecule has 1 saturated carbocycles. The van der Waals surface area contributed by atoms with Gasteiger partial charge < -0.3 is 10.2 Å². The summed E-state index contributed by atoms with van der Waals surface area (Å²) in [5.41, 5.74) is -1.47. The van der Waals surface area contributed by atoms with Crippen molar-refractivity contribution in [3.63, 3.8) is 0 Å². The summed E-state index contributed by atoms with van der Waals surface area (Å²) in [6.07, 6.45) is 0.581. The van der Waals surface area contributed by atoms with Crippen molar-refractivity contribution in [2.24, 2.45) is 0 Å². The first-order valence-electron chi connectivity index (χ1n) is 4.39. The number of carboxylic acids is 1. The fourth-order valence-corrected chi connectivity index (χ4v) is 1.65. The van der Waals surface area contributed by atoms with Gasteiger partial charge in [-0.25, -0.2) is 8.78 Å². The minimum absolute atomic E-state index is 0.174. The number of carbonyl (C=O) groups is 1. The number of rotatable bonds is 2. The Balaban J connectivity index is 2.58. The smallest absolute Gasteiger partial charge is 0.314 e. The minimum Gasteiger partial charge on any atom is -0.505 e. The van der Waals surface area contributed by atoms with E-state index in [1.165, 1.54) is 0 Å². The molecule has 3 nitrogen and oxygen atoms in total. The number of hydrogen-bond acceptors (Lipinski definition) is 2. The van der Waals surface area contributed by atoms with Crippen LogP contribution in [0.4, 0.5) is 8.78 Å². The molecule has 0 unspecified atom stereocenters. The molecule has 1 fully saturated rings. The van der Waals surface area contributed by atoms with Crippen molar-refractivity contribution in [1.82, 2.24) is 0 Å². The van der Waals surface area contributed by atoms with Gasteiger partial charge in [-0.2, -0.15) is 0 Å². The lowest BCUT2D eigenvalue weighted by molar-refractivity contribution is -0.140. The zero-order chi connectivity index (χ0) is 11.2. The number of benzene rings is 1. The Kier molecular flexibility index (Phi) is 1.92. The lowest BCUT2D eigenvalue weighted by Crippen LogP contribution is -2.20. The van der Waals surface area contributed by atoms with E-state index in [0.717, 1.165) is 6.07 Å². The molecule has 1 aliphatic rings. The van der Waals surface area contributed by atoms with Crippen LogP contribution in [0.25, 0.3) is 0 Å². The average molecular weight is 214 g/mol. The predicted molar refractivity (Wildman–Crippen MR) is 46.6 cm³/mol. The van der Waals surface area contributed by atoms with Crippen molar-refractivity contribution in [3.8, 4) is 5.75 Å². The second kappa shape index (κ2) is 2.92. The third-order valence-corrected chi connectivity index (χ3v) is 2.70. The summed E-state index contributed by atoms with van der Waals surface area (Å²) in [5, 5.41) is 18.2. The van der Waals surface area contributed by atoms with Gasteiger partial charge in [0.1, 0.15) is 5.82 Å². The molecule has 0 amide bonds. The van der Waals surface area contributed by atoms with E-state index in [0.29, 0.717) is 18.9 Å². The molecule has 1 aromatic carbocycles. The van der Waals surface area contributed by atoms with Crippen LogP contribution >= 0.6 is 0 Å². The first-order chi connectivity index (χ1) is 6.97. The molecule has 80 valence electrons. The number of aromatic hydroxyl groups is 1. The van der Waals surface area contributed by atoms with Crippen molar-refractivity contribution < 1.29 is 23.8 Å². The Morgan fingerprint density at radius 1 is 1.33 bits per heavy atom. The highest BCUT2D eigenvalue weighted by Crippen LogP contribution is 2.51. The van der Waals surface area contributed by atoms with E-state index in [1.54, 1.807) is 0 Å². The van der Waals surface area contributed by atoms with Gasteiger partial charge in [-0.15, -0.1) is 0 Å². The molecule has 0 radical (unpaired) electrons. The number of carboxylic acid groups (broad SMARTS) is 1. The Bertz CT molecular complexity index is 439. The van der Waals surface area contributed by atoms with Crippen LogP contribution in [0.3, 0.4) is 0 Å². The van der Waals surface area contributed by atoms with Gasteiger partial charge in [0.2, 0.25) is 0 Å². The standard InChI is InChI=1S/C10H8F2O3/c11-5-3-6(8(13)7(12)4-5)10(1-2-10)9(14)15/h3-4,13H,1-2H2,(H,14,15). The van der Waals surface area contributed by atoms with E-state index in [1.807, 2.05) is 0 Å². The monoisotopic (exact) mass is 214 g/mol. The van der Waals surface area contributed by atoms with Gasteiger partial charge in [0.05, 0.1) is 5.41 Å². The molecule has 1 aliphatic carbocycles. The number of phenolic OH excluding ortho intramolecular Hbond substituents is 1. The van der Waals surface area contributed by atoms with Crippen LogP contribution in [-0.2, 0) is 10.2 Å². The molecule has 0 aromatic heterocycles. The minimum atomic E-state index is -1.30. The molecule has 0 atom stereocenters. The molecule has 1 aromatic rings. The first-order valence-corrected chi connectivity index (χ1v) is 4.39. The fraction of sp³-hybridized carbons (Fsp3) is 0.300. The number of aliphatic carboxylic acids is 1. The molecule has 0 saturated heterocycles. The quantitative estimate of drug-likeness (QED) is 0.789. The average Bonchev–Trinajstić information content (AvgIpc) is 2.91. The second-order valence-electron chi connectivity index (χ2n) is 3.67. The molecule has 0 bridgehead atoms. The summed E-state index contributed by atoms with van der Waals surface area (Å²) < 4.78 is 25.9. The van der Waals surface area contributed by atoms with Crippen molar-refractivity contribution >= 4 is 5.97 Å². The lowest BCUT2D eigenvalue weighted by atomic mass is 9.95. The van der Waals surface area contributed by atoms with E-state index in [-0.39, 0.29) is 5.56 Å². The molecule has 15 heavy (non-hydrogen) atoms. The molecule has 0 spiro atoms. The molecule has 0 heterocycles. The molecule has 2 N–H and O–H groups in total. The maximum Gasteiger partial charge on any atom is 0.314 e. The van der Waals surface area contributed by atoms with Crippen LogP contribution in [0.5, 0.6) is 5.75 Å². The molecular formula is C10H8F2O3. The summed E-state index contributed by atoms with van der Waals surface area (Å²) in [4.78, 5) is 10.9. The van der Waals surface area contributed by atoms with Crippen molar-refractivity contribution in [3.05, 3.63) is 29.3 Å². The van der Waals surface area contributed by atoms with Crippen molar-refractivity contribution in [2.45, 2.75) is 18.3 Å². The third-order valence-electron chi connectivity index (χ3n) is 2.70. The molecule has 5 heteroatoms. The van der Waals surface area contributed by atoms with Crippen LogP contribution in [0.2, 0.25) is 0 Å². The maximum absolute atomic E-state index is 13.0. The Hall–Kier alpha value is -1.65. The van der Waals surface area contributed by atoms with Crippen LogP contribution in [-0.4, -0.2) is 16.2 Å². The Labute approximate surface area is 84.0 Å². The predicted octanol–water partition coefficient (Wildman–Crippen LogP) is 1.79. The van der Waals surface area contributed by atoms with Gasteiger partial charge in [-0.05, 0) is 18.9 Å². The van der Waals surface area contributed by atoms with Gasteiger partial charge in [-0.1, -0.05) is 0 Å². The first kappa shape index (κ1) is 9.89. The van der Waals surface area contributed by atoms with Gasteiger partial charge in [0, 0.05) is 11.6 Å². The number of hydrogen-bond donors (Lipinski definition) is 2. The van der Waals surface area contributed by atoms with Crippen molar-refractivity contribution in [1.29, 1.82) is 0 Å². The second-order valence-corrected chi connectivity index (χ2v) is 3.67. The largest absolute Gasteiger partial charge is 0.505 e. The summed E-state index contributed by atoms with van der Waals surface area (Å²) in [6, 6.07) is 1.40. The van der Waals surface area contributed by atoms with Gasteiger partial charge in [0.15, 0.2) is 11.6 Å². The van der Waals surface area contributed by atoms with E-state index in [2.05, 4.69) is 0 Å². The zero-order valence-corrected chi connectivity index (χ0v) is 7.63. The Morgan fingerprint density at radius 3 is 2.40 bits per heavy atom. The lowest BCUT2D eigenvalue weighted by Gasteiger charge is -2.12. The summed E-state index contributed by atoms with van der Waals surface area (Å²) >= 11 is 0. The highest BCUT2D eigenvalue weighted by Gasteiger charge is 2.53. The zero-order valence-electron chi connectivity index (χ0n) is 7.63. The SMILES string of the molecule is O=C(O)C1(c2cc(F)cc(F)c2O)CC1. The van der Waals surface area contributed by atoms with Crippen LogP contribution in [0.1, 0.15) is 18.4 Å². The maximum atomic E-state index is 13.0. The summed E-state index contributed by atoms with van der Waals surface area (Å²) in [6.45, 7) is 0. The van der Waals surface area contributed by atoms with E-state index < -0.39 is 28.8 Å². The highest BCUT2D eigenvalue weighted by atomic mass is 19.1. The highest BCUT2D eigenvalue weighted by molar-refractivity contribution is 5.85. The van der Waals surface area contributed by atoms with Crippen LogP contribution in [0, 0.1) is 11.6 Å². The van der Waals surface area contributed by atoms with Gasteiger partial charge in [0.25, 0.3) is 0 Å².